The SMILES string of the molecule is CCC(C(=S)N(Cc1ccccc1)Cc1ccccc1)[Si](OC)(OC)OC. The van der Waals surface area contributed by atoms with Gasteiger partial charge in [-0.2, -0.15) is 0 Å². The topological polar surface area (TPSA) is 30.9 Å². The maximum atomic E-state index is 5.96. The molecule has 2 aromatic carbocycles. The zero-order valence-corrected chi connectivity index (χ0v) is 18.4. The molecular weight excluding hydrogens is 374 g/mol. The van der Waals surface area contributed by atoms with Crippen LogP contribution >= 0.6 is 12.2 Å². The minimum absolute atomic E-state index is 0.0834. The summed E-state index contributed by atoms with van der Waals surface area (Å²) in [5.74, 6) is 0. The summed E-state index contributed by atoms with van der Waals surface area (Å²) >= 11 is 5.96. The van der Waals surface area contributed by atoms with Gasteiger partial charge in [-0.15, -0.1) is 0 Å². The third kappa shape index (κ3) is 5.46. The number of thiocarbonyl (C=S) groups is 1. The van der Waals surface area contributed by atoms with Crippen molar-refractivity contribution in [2.45, 2.75) is 32.0 Å². The van der Waals surface area contributed by atoms with E-state index in [1.54, 1.807) is 21.3 Å². The minimum atomic E-state index is -2.89. The average molecular weight is 404 g/mol. The van der Waals surface area contributed by atoms with E-state index in [2.05, 4.69) is 60.4 Å². The molecule has 0 aliphatic rings. The number of hydrogen-bond acceptors (Lipinski definition) is 4. The Balaban J connectivity index is 2.33. The molecule has 0 aliphatic carbocycles. The van der Waals surface area contributed by atoms with Gasteiger partial charge >= 0.3 is 8.80 Å². The van der Waals surface area contributed by atoms with E-state index in [0.29, 0.717) is 0 Å². The third-order valence-corrected chi connectivity index (χ3v) is 8.73. The van der Waals surface area contributed by atoms with Crippen LogP contribution in [0.3, 0.4) is 0 Å². The standard InChI is InChI=1S/C21H29NO3SSi/c1-5-20(27(23-2,24-3)25-4)21(26)22(16-18-12-8-6-9-13-18)17-19-14-10-7-11-15-19/h6-15,20H,5,16-17H2,1-4H3. The molecule has 0 radical (unpaired) electrons. The summed E-state index contributed by atoms with van der Waals surface area (Å²) in [6.07, 6.45) is 0.792. The van der Waals surface area contributed by atoms with Crippen LogP contribution in [0.4, 0.5) is 0 Å². The number of nitrogens with zero attached hydrogens (tertiary/aromatic N) is 1. The molecule has 2 rings (SSSR count). The van der Waals surface area contributed by atoms with Gasteiger partial charge in [0, 0.05) is 34.4 Å². The van der Waals surface area contributed by atoms with E-state index in [1.807, 2.05) is 12.1 Å². The van der Waals surface area contributed by atoms with Crippen molar-refractivity contribution < 1.29 is 13.3 Å². The maximum Gasteiger partial charge on any atom is 0.510 e. The minimum Gasteiger partial charge on any atom is -0.376 e. The molecule has 2 aromatic rings. The lowest BCUT2D eigenvalue weighted by molar-refractivity contribution is 0.116. The molecule has 0 fully saturated rings. The van der Waals surface area contributed by atoms with Crippen LogP contribution < -0.4 is 0 Å². The van der Waals surface area contributed by atoms with E-state index in [9.17, 15) is 0 Å². The van der Waals surface area contributed by atoms with Gasteiger partial charge in [0.2, 0.25) is 0 Å². The largest absolute Gasteiger partial charge is 0.510 e. The molecular formula is C21H29NO3SSi. The summed E-state index contributed by atoms with van der Waals surface area (Å²) in [6, 6.07) is 20.7. The smallest absolute Gasteiger partial charge is 0.376 e. The van der Waals surface area contributed by atoms with Crippen molar-refractivity contribution in [2.24, 2.45) is 0 Å². The van der Waals surface area contributed by atoms with Crippen LogP contribution in [-0.2, 0) is 26.4 Å². The van der Waals surface area contributed by atoms with Crippen LogP contribution in [0, 0.1) is 0 Å². The van der Waals surface area contributed by atoms with Crippen LogP contribution in [0.2, 0.25) is 5.54 Å². The molecule has 0 spiro atoms. The quantitative estimate of drug-likeness (QED) is 0.425. The molecule has 146 valence electrons. The number of hydrogen-bond donors (Lipinski definition) is 0. The van der Waals surface area contributed by atoms with E-state index in [-0.39, 0.29) is 5.54 Å². The highest BCUT2D eigenvalue weighted by atomic mass is 32.1. The molecule has 0 N–H and O–H groups in total. The Morgan fingerprint density at radius 1 is 0.852 bits per heavy atom. The molecule has 4 nitrogen and oxygen atoms in total. The van der Waals surface area contributed by atoms with Gasteiger partial charge in [0.25, 0.3) is 0 Å². The first-order chi connectivity index (χ1) is 13.1. The second-order valence-corrected chi connectivity index (χ2v) is 9.89. The van der Waals surface area contributed by atoms with Gasteiger partial charge in [-0.3, -0.25) is 0 Å². The Bertz CT molecular complexity index is 645. The van der Waals surface area contributed by atoms with Crippen molar-refractivity contribution in [2.75, 3.05) is 21.3 Å². The van der Waals surface area contributed by atoms with Crippen LogP contribution in [0.1, 0.15) is 24.5 Å². The molecule has 0 saturated heterocycles. The van der Waals surface area contributed by atoms with Crippen LogP contribution in [0.15, 0.2) is 60.7 Å². The van der Waals surface area contributed by atoms with Gasteiger partial charge in [-0.1, -0.05) is 79.8 Å². The Hall–Kier alpha value is -1.57. The fourth-order valence-corrected chi connectivity index (χ4v) is 6.36. The Morgan fingerprint density at radius 2 is 1.26 bits per heavy atom. The highest BCUT2D eigenvalue weighted by molar-refractivity contribution is 7.80. The van der Waals surface area contributed by atoms with E-state index < -0.39 is 8.80 Å². The van der Waals surface area contributed by atoms with E-state index in [0.717, 1.165) is 24.5 Å². The fourth-order valence-electron chi connectivity index (χ4n) is 3.29. The second-order valence-electron chi connectivity index (χ2n) is 6.34. The molecule has 0 saturated carbocycles. The van der Waals surface area contributed by atoms with Gasteiger partial charge < -0.3 is 18.2 Å². The zero-order valence-electron chi connectivity index (χ0n) is 16.6. The van der Waals surface area contributed by atoms with Crippen LogP contribution in [0.5, 0.6) is 0 Å². The van der Waals surface area contributed by atoms with E-state index >= 15 is 0 Å². The van der Waals surface area contributed by atoms with E-state index in [4.69, 9.17) is 25.5 Å². The first kappa shape index (κ1) is 21.7. The monoisotopic (exact) mass is 403 g/mol. The molecule has 0 heterocycles. The molecule has 1 atom stereocenters. The van der Waals surface area contributed by atoms with Gasteiger partial charge in [-0.05, 0) is 17.5 Å². The Morgan fingerprint density at radius 3 is 1.59 bits per heavy atom. The van der Waals surface area contributed by atoms with Crippen molar-refractivity contribution in [3.63, 3.8) is 0 Å². The molecule has 27 heavy (non-hydrogen) atoms. The molecule has 0 bridgehead atoms. The Kier molecular flexibility index (Phi) is 8.59. The van der Waals surface area contributed by atoms with Crippen LogP contribution in [-0.4, -0.2) is 40.0 Å². The first-order valence-electron chi connectivity index (χ1n) is 9.12. The van der Waals surface area contributed by atoms with Crippen molar-refractivity contribution in [3.05, 3.63) is 71.8 Å². The van der Waals surface area contributed by atoms with Gasteiger partial charge in [0.15, 0.2) is 0 Å². The van der Waals surface area contributed by atoms with Gasteiger partial charge in [0.05, 0.1) is 10.5 Å². The normalized spacial score (nSPS) is 12.6. The van der Waals surface area contributed by atoms with Crippen molar-refractivity contribution in [3.8, 4) is 0 Å². The average Bonchev–Trinajstić information content (AvgIpc) is 2.73. The molecule has 0 aromatic heterocycles. The summed E-state index contributed by atoms with van der Waals surface area (Å²) in [7, 11) is 2.04. The Labute approximate surface area is 169 Å². The highest BCUT2D eigenvalue weighted by Gasteiger charge is 2.49. The molecule has 6 heteroatoms. The molecule has 1 unspecified atom stereocenters. The lowest BCUT2D eigenvalue weighted by Crippen LogP contribution is -2.52. The van der Waals surface area contributed by atoms with Gasteiger partial charge in [-0.25, -0.2) is 0 Å². The second kappa shape index (κ2) is 10.7. The van der Waals surface area contributed by atoms with E-state index in [1.165, 1.54) is 11.1 Å². The number of rotatable bonds is 10. The van der Waals surface area contributed by atoms with Crippen LogP contribution in [0.25, 0.3) is 0 Å². The van der Waals surface area contributed by atoms with Gasteiger partial charge in [0.1, 0.15) is 0 Å². The fraction of sp³-hybridized carbons (Fsp3) is 0.381. The molecule has 0 aliphatic heterocycles. The summed E-state index contributed by atoms with van der Waals surface area (Å²) in [5, 5.41) is 0. The first-order valence-corrected chi connectivity index (χ1v) is 11.3. The summed E-state index contributed by atoms with van der Waals surface area (Å²) in [5.41, 5.74) is 2.34. The zero-order chi connectivity index (χ0) is 19.7. The summed E-state index contributed by atoms with van der Waals surface area (Å²) in [6.45, 7) is 3.55. The highest BCUT2D eigenvalue weighted by Crippen LogP contribution is 2.32. The van der Waals surface area contributed by atoms with Crippen molar-refractivity contribution >= 4 is 26.0 Å². The summed E-state index contributed by atoms with van der Waals surface area (Å²) < 4.78 is 17.2. The lowest BCUT2D eigenvalue weighted by atomic mass is 10.1. The van der Waals surface area contributed by atoms with Crippen molar-refractivity contribution in [1.29, 1.82) is 0 Å². The summed E-state index contributed by atoms with van der Waals surface area (Å²) in [4.78, 5) is 3.05. The predicted molar refractivity (Wildman–Crippen MR) is 116 cm³/mol. The van der Waals surface area contributed by atoms with Crippen molar-refractivity contribution in [1.82, 2.24) is 4.90 Å². The molecule has 0 amide bonds. The maximum absolute atomic E-state index is 5.96. The predicted octanol–water partition coefficient (Wildman–Crippen LogP) is 4.67. The number of benzene rings is 2. The lowest BCUT2D eigenvalue weighted by Gasteiger charge is -2.37. The third-order valence-electron chi connectivity index (χ3n) is 4.73.